The van der Waals surface area contributed by atoms with E-state index < -0.39 is 0 Å². The number of likely N-dealkylation sites (tertiary alicyclic amines) is 1. The molecule has 0 radical (unpaired) electrons. The molecule has 0 aliphatic carbocycles. The number of hydrogen-bond acceptors (Lipinski definition) is 4. The second kappa shape index (κ2) is 7.91. The van der Waals surface area contributed by atoms with E-state index in [2.05, 4.69) is 5.32 Å². The van der Waals surface area contributed by atoms with E-state index in [1.54, 1.807) is 37.3 Å². The predicted molar refractivity (Wildman–Crippen MR) is 98.1 cm³/mol. The third-order valence-electron chi connectivity index (χ3n) is 4.42. The van der Waals surface area contributed by atoms with Crippen molar-refractivity contribution in [3.63, 3.8) is 0 Å². The standard InChI is InChI=1S/C20H22N2O4/c1-25-17-9-16(10-18(11-17)26-2)21-20(24)15-8-19(23)22(13-15)12-14-6-4-3-5-7-14/h3-7,9-11,15H,8,12-13H2,1-2H3,(H,21,24)/t15-/m1/s1. The molecule has 1 aliphatic rings. The van der Waals surface area contributed by atoms with E-state index in [-0.39, 0.29) is 24.2 Å². The van der Waals surface area contributed by atoms with Crippen LogP contribution in [0.3, 0.4) is 0 Å². The highest BCUT2D eigenvalue weighted by molar-refractivity contribution is 5.97. The Kier molecular flexibility index (Phi) is 5.41. The molecule has 3 rings (SSSR count). The smallest absolute Gasteiger partial charge is 0.229 e. The van der Waals surface area contributed by atoms with Gasteiger partial charge in [0.25, 0.3) is 0 Å². The Bertz CT molecular complexity index is 769. The molecule has 1 aliphatic heterocycles. The Morgan fingerprint density at radius 1 is 1.12 bits per heavy atom. The molecule has 1 saturated heterocycles. The summed E-state index contributed by atoms with van der Waals surface area (Å²) in [6.45, 7) is 0.942. The van der Waals surface area contributed by atoms with Gasteiger partial charge in [0, 0.05) is 43.4 Å². The molecule has 136 valence electrons. The average molecular weight is 354 g/mol. The minimum absolute atomic E-state index is 0.00257. The fraction of sp³-hybridized carbons (Fsp3) is 0.300. The molecule has 0 unspecified atom stereocenters. The number of nitrogens with zero attached hydrogens (tertiary/aromatic N) is 1. The van der Waals surface area contributed by atoms with Crippen molar-refractivity contribution in [2.75, 3.05) is 26.1 Å². The molecule has 2 aromatic carbocycles. The Hall–Kier alpha value is -3.02. The summed E-state index contributed by atoms with van der Waals surface area (Å²) in [7, 11) is 3.11. The van der Waals surface area contributed by atoms with Crippen molar-refractivity contribution in [1.29, 1.82) is 0 Å². The second-order valence-corrected chi connectivity index (χ2v) is 6.25. The normalized spacial score (nSPS) is 16.5. The zero-order valence-electron chi connectivity index (χ0n) is 14.9. The average Bonchev–Trinajstić information content (AvgIpc) is 3.03. The SMILES string of the molecule is COc1cc(NC(=O)[C@@H]2CC(=O)N(Cc3ccccc3)C2)cc(OC)c1. The van der Waals surface area contributed by atoms with Crippen LogP contribution in [0.15, 0.2) is 48.5 Å². The van der Waals surface area contributed by atoms with E-state index in [1.807, 2.05) is 30.3 Å². The number of methoxy groups -OCH3 is 2. The zero-order chi connectivity index (χ0) is 18.5. The van der Waals surface area contributed by atoms with Gasteiger partial charge in [-0.05, 0) is 5.56 Å². The lowest BCUT2D eigenvalue weighted by Crippen LogP contribution is -2.28. The maximum absolute atomic E-state index is 12.6. The molecular weight excluding hydrogens is 332 g/mol. The molecule has 1 heterocycles. The summed E-state index contributed by atoms with van der Waals surface area (Å²) in [6, 6.07) is 14.9. The summed E-state index contributed by atoms with van der Waals surface area (Å²) < 4.78 is 10.4. The minimum atomic E-state index is -0.372. The highest BCUT2D eigenvalue weighted by Crippen LogP contribution is 2.27. The predicted octanol–water partition coefficient (Wildman–Crippen LogP) is 2.69. The quantitative estimate of drug-likeness (QED) is 0.866. The number of rotatable bonds is 6. The van der Waals surface area contributed by atoms with Crippen LogP contribution >= 0.6 is 0 Å². The summed E-state index contributed by atoms with van der Waals surface area (Å²) in [4.78, 5) is 26.6. The first-order valence-electron chi connectivity index (χ1n) is 8.44. The van der Waals surface area contributed by atoms with Crippen molar-refractivity contribution in [2.24, 2.45) is 5.92 Å². The van der Waals surface area contributed by atoms with Crippen molar-refractivity contribution in [1.82, 2.24) is 4.90 Å². The van der Waals surface area contributed by atoms with E-state index in [0.29, 0.717) is 30.3 Å². The summed E-state index contributed by atoms with van der Waals surface area (Å²) in [5.74, 6) is 0.630. The summed E-state index contributed by atoms with van der Waals surface area (Å²) >= 11 is 0. The molecular formula is C20H22N2O4. The van der Waals surface area contributed by atoms with Crippen molar-refractivity contribution in [3.8, 4) is 11.5 Å². The van der Waals surface area contributed by atoms with Gasteiger partial charge in [-0.3, -0.25) is 9.59 Å². The molecule has 6 nitrogen and oxygen atoms in total. The maximum atomic E-state index is 12.6. The number of amides is 2. The van der Waals surface area contributed by atoms with Crippen LogP contribution in [0.5, 0.6) is 11.5 Å². The van der Waals surface area contributed by atoms with Gasteiger partial charge in [0.2, 0.25) is 11.8 Å². The number of hydrogen-bond donors (Lipinski definition) is 1. The Morgan fingerprint density at radius 2 is 1.77 bits per heavy atom. The molecule has 1 fully saturated rings. The van der Waals surface area contributed by atoms with Gasteiger partial charge in [-0.25, -0.2) is 0 Å². The molecule has 1 N–H and O–H groups in total. The van der Waals surface area contributed by atoms with Crippen molar-refractivity contribution in [2.45, 2.75) is 13.0 Å². The summed E-state index contributed by atoms with van der Waals surface area (Å²) in [5.41, 5.74) is 1.64. The molecule has 0 aromatic heterocycles. The van der Waals surface area contributed by atoms with Gasteiger partial charge in [0.1, 0.15) is 11.5 Å². The number of nitrogens with one attached hydrogen (secondary N) is 1. The first-order valence-corrected chi connectivity index (χ1v) is 8.44. The lowest BCUT2D eigenvalue weighted by atomic mass is 10.1. The molecule has 6 heteroatoms. The molecule has 0 bridgehead atoms. The molecule has 2 amide bonds. The lowest BCUT2D eigenvalue weighted by molar-refractivity contribution is -0.128. The largest absolute Gasteiger partial charge is 0.497 e. The zero-order valence-corrected chi connectivity index (χ0v) is 14.9. The molecule has 1 atom stereocenters. The third kappa shape index (κ3) is 4.14. The van der Waals surface area contributed by atoms with Crippen LogP contribution in [-0.2, 0) is 16.1 Å². The van der Waals surface area contributed by atoms with E-state index in [1.165, 1.54) is 0 Å². The number of ether oxygens (including phenoxy) is 2. The second-order valence-electron chi connectivity index (χ2n) is 6.25. The fourth-order valence-corrected chi connectivity index (χ4v) is 3.03. The van der Waals surface area contributed by atoms with Crippen LogP contribution < -0.4 is 14.8 Å². The van der Waals surface area contributed by atoms with Gasteiger partial charge in [-0.2, -0.15) is 0 Å². The first kappa shape index (κ1) is 17.8. The Balaban J connectivity index is 1.65. The van der Waals surface area contributed by atoms with Crippen LogP contribution in [0.25, 0.3) is 0 Å². The van der Waals surface area contributed by atoms with Crippen LogP contribution in [0, 0.1) is 5.92 Å². The first-order chi connectivity index (χ1) is 12.6. The maximum Gasteiger partial charge on any atom is 0.229 e. The number of anilines is 1. The van der Waals surface area contributed by atoms with Gasteiger partial charge < -0.3 is 19.7 Å². The fourth-order valence-electron chi connectivity index (χ4n) is 3.03. The summed E-state index contributed by atoms with van der Waals surface area (Å²) in [5, 5.41) is 2.86. The Morgan fingerprint density at radius 3 is 2.38 bits per heavy atom. The topological polar surface area (TPSA) is 67.9 Å². The van der Waals surface area contributed by atoms with Gasteiger partial charge in [-0.15, -0.1) is 0 Å². The van der Waals surface area contributed by atoms with Gasteiger partial charge >= 0.3 is 0 Å². The monoisotopic (exact) mass is 354 g/mol. The van der Waals surface area contributed by atoms with Crippen LogP contribution in [-0.4, -0.2) is 37.5 Å². The number of carbonyl (C=O) groups excluding carboxylic acids is 2. The number of benzene rings is 2. The molecule has 0 spiro atoms. The van der Waals surface area contributed by atoms with Crippen LogP contribution in [0.1, 0.15) is 12.0 Å². The van der Waals surface area contributed by atoms with E-state index in [4.69, 9.17) is 9.47 Å². The summed E-state index contributed by atoms with van der Waals surface area (Å²) in [6.07, 6.45) is 0.222. The molecule has 2 aromatic rings. The lowest BCUT2D eigenvalue weighted by Gasteiger charge is -2.17. The highest BCUT2D eigenvalue weighted by Gasteiger charge is 2.34. The van der Waals surface area contributed by atoms with E-state index in [0.717, 1.165) is 5.56 Å². The minimum Gasteiger partial charge on any atom is -0.497 e. The van der Waals surface area contributed by atoms with Crippen molar-refractivity contribution in [3.05, 3.63) is 54.1 Å². The van der Waals surface area contributed by atoms with Crippen LogP contribution in [0.2, 0.25) is 0 Å². The third-order valence-corrected chi connectivity index (χ3v) is 4.42. The van der Waals surface area contributed by atoms with E-state index >= 15 is 0 Å². The number of carbonyl (C=O) groups is 2. The van der Waals surface area contributed by atoms with Crippen molar-refractivity contribution >= 4 is 17.5 Å². The molecule has 0 saturated carbocycles. The molecule has 26 heavy (non-hydrogen) atoms. The van der Waals surface area contributed by atoms with Gasteiger partial charge in [0.15, 0.2) is 0 Å². The van der Waals surface area contributed by atoms with Gasteiger partial charge in [0.05, 0.1) is 20.1 Å². The van der Waals surface area contributed by atoms with Crippen molar-refractivity contribution < 1.29 is 19.1 Å². The van der Waals surface area contributed by atoms with Crippen LogP contribution in [0.4, 0.5) is 5.69 Å². The van der Waals surface area contributed by atoms with E-state index in [9.17, 15) is 9.59 Å². The highest BCUT2D eigenvalue weighted by atomic mass is 16.5. The Labute approximate surface area is 152 Å². The van der Waals surface area contributed by atoms with Gasteiger partial charge in [-0.1, -0.05) is 30.3 Å².